The Balaban J connectivity index is 2.70. The van der Waals surface area contributed by atoms with Crippen LogP contribution >= 0.6 is 0 Å². The Morgan fingerprint density at radius 1 is 1.38 bits per heavy atom. The van der Waals surface area contributed by atoms with Crippen molar-refractivity contribution in [2.75, 3.05) is 13.2 Å². The molecule has 0 radical (unpaired) electrons. The Bertz CT molecular complexity index is 350. The Morgan fingerprint density at radius 2 is 2.06 bits per heavy atom. The van der Waals surface area contributed by atoms with E-state index in [0.717, 1.165) is 23.4 Å². The van der Waals surface area contributed by atoms with E-state index >= 15 is 0 Å². The number of ether oxygens (including phenoxy) is 1. The summed E-state index contributed by atoms with van der Waals surface area (Å²) in [6.45, 7) is 9.55. The van der Waals surface area contributed by atoms with E-state index in [1.807, 2.05) is 19.9 Å². The molecule has 0 aliphatic rings. The van der Waals surface area contributed by atoms with Crippen molar-refractivity contribution in [1.29, 1.82) is 0 Å². The Labute approximate surface area is 97.4 Å². The third-order valence-electron chi connectivity index (χ3n) is 2.60. The van der Waals surface area contributed by atoms with Crippen LogP contribution in [-0.2, 0) is 0 Å². The fraction of sp³-hybridized carbons (Fsp3) is 0.538. The second-order valence-corrected chi connectivity index (χ2v) is 4.13. The van der Waals surface area contributed by atoms with Gasteiger partial charge in [-0.05, 0) is 38.9 Å². The minimum absolute atomic E-state index is 0.289. The van der Waals surface area contributed by atoms with Gasteiger partial charge in [0, 0.05) is 11.6 Å². The summed E-state index contributed by atoms with van der Waals surface area (Å²) in [5, 5.41) is 12.9. The van der Waals surface area contributed by atoms with Crippen LogP contribution in [-0.4, -0.2) is 24.3 Å². The second kappa shape index (κ2) is 5.75. The maximum Gasteiger partial charge on any atom is 0.128 e. The Kier molecular flexibility index (Phi) is 4.62. The van der Waals surface area contributed by atoms with Gasteiger partial charge in [0.1, 0.15) is 18.1 Å². The zero-order valence-corrected chi connectivity index (χ0v) is 10.5. The van der Waals surface area contributed by atoms with Gasteiger partial charge in [0.25, 0.3) is 0 Å². The van der Waals surface area contributed by atoms with Crippen LogP contribution in [0.3, 0.4) is 0 Å². The van der Waals surface area contributed by atoms with Crippen molar-refractivity contribution in [2.45, 2.75) is 33.7 Å². The van der Waals surface area contributed by atoms with Crippen LogP contribution in [0.25, 0.3) is 0 Å². The SMILES string of the molecule is CCN[C@@H](C)COc1c(C)ccc(O)c1C. The van der Waals surface area contributed by atoms with E-state index in [2.05, 4.69) is 19.2 Å². The quantitative estimate of drug-likeness (QED) is 0.805. The minimum Gasteiger partial charge on any atom is -0.508 e. The van der Waals surface area contributed by atoms with Crippen LogP contribution in [0.4, 0.5) is 0 Å². The fourth-order valence-corrected chi connectivity index (χ4v) is 1.65. The van der Waals surface area contributed by atoms with E-state index in [4.69, 9.17) is 4.74 Å². The monoisotopic (exact) mass is 223 g/mol. The van der Waals surface area contributed by atoms with Crippen LogP contribution in [0.5, 0.6) is 11.5 Å². The highest BCUT2D eigenvalue weighted by molar-refractivity contribution is 5.47. The summed E-state index contributed by atoms with van der Waals surface area (Å²) in [4.78, 5) is 0. The van der Waals surface area contributed by atoms with E-state index in [1.165, 1.54) is 0 Å². The zero-order valence-electron chi connectivity index (χ0n) is 10.5. The molecule has 0 heterocycles. The van der Waals surface area contributed by atoms with Crippen LogP contribution in [0, 0.1) is 13.8 Å². The van der Waals surface area contributed by atoms with Crippen molar-refractivity contribution < 1.29 is 9.84 Å². The molecule has 90 valence electrons. The van der Waals surface area contributed by atoms with E-state index in [0.29, 0.717) is 12.6 Å². The lowest BCUT2D eigenvalue weighted by atomic mass is 10.1. The molecular formula is C13H21NO2. The molecule has 3 heteroatoms. The number of phenols is 1. The van der Waals surface area contributed by atoms with Gasteiger partial charge in [-0.25, -0.2) is 0 Å². The molecule has 0 aliphatic heterocycles. The number of nitrogens with one attached hydrogen (secondary N) is 1. The molecule has 0 fully saturated rings. The summed E-state index contributed by atoms with van der Waals surface area (Å²) in [5.41, 5.74) is 1.86. The second-order valence-electron chi connectivity index (χ2n) is 4.13. The largest absolute Gasteiger partial charge is 0.508 e. The van der Waals surface area contributed by atoms with Gasteiger partial charge in [0.05, 0.1) is 0 Å². The number of hydrogen-bond donors (Lipinski definition) is 2. The predicted octanol–water partition coefficient (Wildman–Crippen LogP) is 2.39. The number of hydrogen-bond acceptors (Lipinski definition) is 3. The summed E-state index contributed by atoms with van der Waals surface area (Å²) in [7, 11) is 0. The van der Waals surface area contributed by atoms with E-state index < -0.39 is 0 Å². The first-order valence-corrected chi connectivity index (χ1v) is 5.71. The van der Waals surface area contributed by atoms with Gasteiger partial charge in [-0.1, -0.05) is 13.0 Å². The number of aromatic hydroxyl groups is 1. The van der Waals surface area contributed by atoms with Crippen molar-refractivity contribution >= 4 is 0 Å². The van der Waals surface area contributed by atoms with Gasteiger partial charge in [-0.2, -0.15) is 0 Å². The molecule has 0 bridgehead atoms. The topological polar surface area (TPSA) is 41.5 Å². The Hall–Kier alpha value is -1.22. The van der Waals surface area contributed by atoms with E-state index in [9.17, 15) is 5.11 Å². The van der Waals surface area contributed by atoms with Crippen molar-refractivity contribution in [3.8, 4) is 11.5 Å². The summed E-state index contributed by atoms with van der Waals surface area (Å²) in [6.07, 6.45) is 0. The van der Waals surface area contributed by atoms with Crippen molar-refractivity contribution in [2.24, 2.45) is 0 Å². The Morgan fingerprint density at radius 3 is 2.69 bits per heavy atom. The van der Waals surface area contributed by atoms with Crippen LogP contribution in [0.2, 0.25) is 0 Å². The average Bonchev–Trinajstić information content (AvgIpc) is 2.24. The summed E-state index contributed by atoms with van der Waals surface area (Å²) in [5.74, 6) is 1.08. The maximum absolute atomic E-state index is 9.60. The molecule has 0 saturated carbocycles. The summed E-state index contributed by atoms with van der Waals surface area (Å²) < 4.78 is 5.74. The highest BCUT2D eigenvalue weighted by Crippen LogP contribution is 2.30. The van der Waals surface area contributed by atoms with Crippen molar-refractivity contribution in [3.05, 3.63) is 23.3 Å². The molecule has 1 atom stereocenters. The van der Waals surface area contributed by atoms with Crippen molar-refractivity contribution in [1.82, 2.24) is 5.32 Å². The summed E-state index contributed by atoms with van der Waals surface area (Å²) in [6, 6.07) is 3.88. The predicted molar refractivity (Wildman–Crippen MR) is 66.2 cm³/mol. The zero-order chi connectivity index (χ0) is 12.1. The molecule has 0 unspecified atom stereocenters. The molecule has 1 aromatic carbocycles. The third kappa shape index (κ3) is 3.14. The number of benzene rings is 1. The number of rotatable bonds is 5. The first-order valence-electron chi connectivity index (χ1n) is 5.71. The van der Waals surface area contributed by atoms with Gasteiger partial charge in [0.2, 0.25) is 0 Å². The average molecular weight is 223 g/mol. The van der Waals surface area contributed by atoms with Gasteiger partial charge in [-0.3, -0.25) is 0 Å². The number of phenolic OH excluding ortho intramolecular Hbond substituents is 1. The highest BCUT2D eigenvalue weighted by Gasteiger charge is 2.09. The lowest BCUT2D eigenvalue weighted by Gasteiger charge is -2.17. The van der Waals surface area contributed by atoms with Crippen LogP contribution < -0.4 is 10.1 Å². The number of aryl methyl sites for hydroxylation is 1. The van der Waals surface area contributed by atoms with Gasteiger partial charge >= 0.3 is 0 Å². The van der Waals surface area contributed by atoms with Gasteiger partial charge in [-0.15, -0.1) is 0 Å². The molecule has 0 amide bonds. The summed E-state index contributed by atoms with van der Waals surface area (Å²) >= 11 is 0. The van der Waals surface area contributed by atoms with Crippen LogP contribution in [0.15, 0.2) is 12.1 Å². The fourth-order valence-electron chi connectivity index (χ4n) is 1.65. The molecule has 1 rings (SSSR count). The highest BCUT2D eigenvalue weighted by atomic mass is 16.5. The standard InChI is InChI=1S/C13H21NO2/c1-5-14-10(3)8-16-13-9(2)6-7-12(15)11(13)4/h6-7,10,14-15H,5,8H2,1-4H3/t10-/m0/s1. The first kappa shape index (κ1) is 12.8. The molecule has 16 heavy (non-hydrogen) atoms. The molecule has 3 nitrogen and oxygen atoms in total. The van der Waals surface area contributed by atoms with E-state index in [-0.39, 0.29) is 5.75 Å². The molecule has 0 aromatic heterocycles. The number of likely N-dealkylation sites (N-methyl/N-ethyl adjacent to an activating group) is 1. The first-order chi connectivity index (χ1) is 7.56. The van der Waals surface area contributed by atoms with Gasteiger partial charge < -0.3 is 15.2 Å². The van der Waals surface area contributed by atoms with E-state index in [1.54, 1.807) is 6.07 Å². The van der Waals surface area contributed by atoms with Crippen molar-refractivity contribution in [3.63, 3.8) is 0 Å². The maximum atomic E-state index is 9.60. The third-order valence-corrected chi connectivity index (χ3v) is 2.60. The smallest absolute Gasteiger partial charge is 0.128 e. The molecule has 0 aliphatic carbocycles. The molecular weight excluding hydrogens is 202 g/mol. The normalized spacial score (nSPS) is 12.5. The molecule has 0 saturated heterocycles. The van der Waals surface area contributed by atoms with Gasteiger partial charge in [0.15, 0.2) is 0 Å². The van der Waals surface area contributed by atoms with Crippen LogP contribution in [0.1, 0.15) is 25.0 Å². The molecule has 0 spiro atoms. The lowest BCUT2D eigenvalue weighted by molar-refractivity contribution is 0.270. The minimum atomic E-state index is 0.289. The molecule has 2 N–H and O–H groups in total. The molecule has 1 aromatic rings. The lowest BCUT2D eigenvalue weighted by Crippen LogP contribution is -2.31.